The lowest BCUT2D eigenvalue weighted by Crippen LogP contribution is -1.96. The number of hydrogen-bond acceptors (Lipinski definition) is 4. The maximum Gasteiger partial charge on any atom is 0.254 e. The molecule has 0 aliphatic heterocycles. The molecule has 4 nitrogen and oxygen atoms in total. The van der Waals surface area contributed by atoms with Gasteiger partial charge in [0.05, 0.1) is 5.02 Å². The van der Waals surface area contributed by atoms with Gasteiger partial charge in [0, 0.05) is 5.56 Å². The van der Waals surface area contributed by atoms with E-state index in [9.17, 15) is 4.39 Å². The van der Waals surface area contributed by atoms with Crippen LogP contribution in [0.1, 0.15) is 11.5 Å². The summed E-state index contributed by atoms with van der Waals surface area (Å²) in [5, 5.41) is 8.09. The second kappa shape index (κ2) is 6.15. The van der Waals surface area contributed by atoms with Gasteiger partial charge in [0.1, 0.15) is 11.6 Å². The van der Waals surface area contributed by atoms with Crippen molar-refractivity contribution in [3.8, 4) is 17.2 Å². The average molecular weight is 319 g/mol. The number of aryl methyl sites for hydroxylation is 1. The molecular formula is C16H12ClFN2O2. The number of rotatable bonds is 4. The summed E-state index contributed by atoms with van der Waals surface area (Å²) in [7, 11) is 0. The summed E-state index contributed by atoms with van der Waals surface area (Å²) in [5.41, 5.74) is 1.99. The third-order valence-electron chi connectivity index (χ3n) is 3.01. The minimum absolute atomic E-state index is 0.0597. The van der Waals surface area contributed by atoms with Crippen LogP contribution in [0.25, 0.3) is 11.5 Å². The molecule has 0 bridgehead atoms. The zero-order valence-electron chi connectivity index (χ0n) is 11.7. The van der Waals surface area contributed by atoms with Gasteiger partial charge in [-0.1, -0.05) is 29.3 Å². The second-order valence-electron chi connectivity index (χ2n) is 4.73. The molecule has 0 saturated heterocycles. The van der Waals surface area contributed by atoms with Crippen LogP contribution in [-0.2, 0) is 6.61 Å². The van der Waals surface area contributed by atoms with Crippen molar-refractivity contribution in [2.24, 2.45) is 0 Å². The lowest BCUT2D eigenvalue weighted by molar-refractivity contribution is 0.264. The summed E-state index contributed by atoms with van der Waals surface area (Å²) in [6.45, 7) is 2.06. The van der Waals surface area contributed by atoms with Crippen LogP contribution in [0.5, 0.6) is 5.75 Å². The van der Waals surface area contributed by atoms with Gasteiger partial charge in [-0.2, -0.15) is 0 Å². The standard InChI is InChI=1S/C16H12ClFN2O2/c1-10-2-4-11(5-3-10)16-20-19-15(22-16)9-21-14-7-6-12(18)8-13(14)17/h2-8H,9H2,1H3. The molecule has 0 N–H and O–H groups in total. The van der Waals surface area contributed by atoms with Gasteiger partial charge in [-0.15, -0.1) is 10.2 Å². The van der Waals surface area contributed by atoms with Crippen molar-refractivity contribution in [2.75, 3.05) is 0 Å². The van der Waals surface area contributed by atoms with E-state index in [0.29, 0.717) is 17.5 Å². The highest BCUT2D eigenvalue weighted by Crippen LogP contribution is 2.26. The first-order valence-electron chi connectivity index (χ1n) is 6.59. The van der Waals surface area contributed by atoms with Crippen molar-refractivity contribution in [1.29, 1.82) is 0 Å². The molecule has 0 unspecified atom stereocenters. The van der Waals surface area contributed by atoms with Crippen LogP contribution in [0.4, 0.5) is 4.39 Å². The van der Waals surface area contributed by atoms with Crippen LogP contribution in [-0.4, -0.2) is 10.2 Å². The first-order chi connectivity index (χ1) is 10.6. The van der Waals surface area contributed by atoms with Crippen molar-refractivity contribution in [2.45, 2.75) is 13.5 Å². The van der Waals surface area contributed by atoms with Crippen LogP contribution in [0, 0.1) is 12.7 Å². The van der Waals surface area contributed by atoms with E-state index in [1.807, 2.05) is 31.2 Å². The summed E-state index contributed by atoms with van der Waals surface area (Å²) >= 11 is 5.88. The molecule has 2 aromatic carbocycles. The molecule has 0 aliphatic carbocycles. The average Bonchev–Trinajstić information content (AvgIpc) is 2.96. The smallest absolute Gasteiger partial charge is 0.254 e. The Hall–Kier alpha value is -2.40. The van der Waals surface area contributed by atoms with E-state index >= 15 is 0 Å². The molecular weight excluding hydrogens is 307 g/mol. The Bertz CT molecular complexity index is 787. The Labute approximate surface area is 131 Å². The molecule has 0 fully saturated rings. The number of halogens is 2. The second-order valence-corrected chi connectivity index (χ2v) is 5.14. The molecule has 0 amide bonds. The summed E-state index contributed by atoms with van der Waals surface area (Å²) in [5.74, 6) is 0.676. The normalized spacial score (nSPS) is 10.7. The largest absolute Gasteiger partial charge is 0.482 e. The molecule has 112 valence electrons. The highest BCUT2D eigenvalue weighted by molar-refractivity contribution is 6.32. The van der Waals surface area contributed by atoms with Crippen LogP contribution in [0.2, 0.25) is 5.02 Å². The van der Waals surface area contributed by atoms with Gasteiger partial charge in [-0.05, 0) is 37.3 Å². The summed E-state index contributed by atoms with van der Waals surface area (Å²) in [6.07, 6.45) is 0. The van der Waals surface area contributed by atoms with Crippen molar-refractivity contribution >= 4 is 11.6 Å². The molecule has 1 heterocycles. The summed E-state index contributed by atoms with van der Waals surface area (Å²) < 4.78 is 23.9. The summed E-state index contributed by atoms with van der Waals surface area (Å²) in [6, 6.07) is 11.7. The molecule has 3 rings (SSSR count). The summed E-state index contributed by atoms with van der Waals surface area (Å²) in [4.78, 5) is 0. The Morgan fingerprint density at radius 2 is 1.91 bits per heavy atom. The van der Waals surface area contributed by atoms with Gasteiger partial charge >= 0.3 is 0 Å². The van der Waals surface area contributed by atoms with Gasteiger partial charge in [0.2, 0.25) is 5.89 Å². The maximum atomic E-state index is 12.9. The van der Waals surface area contributed by atoms with Gasteiger partial charge < -0.3 is 9.15 Å². The minimum Gasteiger partial charge on any atom is -0.482 e. The van der Waals surface area contributed by atoms with E-state index < -0.39 is 5.82 Å². The number of hydrogen-bond donors (Lipinski definition) is 0. The predicted octanol–water partition coefficient (Wildman–Crippen LogP) is 4.42. The quantitative estimate of drug-likeness (QED) is 0.714. The third kappa shape index (κ3) is 3.26. The fourth-order valence-electron chi connectivity index (χ4n) is 1.86. The number of aromatic nitrogens is 2. The Morgan fingerprint density at radius 1 is 1.14 bits per heavy atom. The molecule has 1 aromatic heterocycles. The highest BCUT2D eigenvalue weighted by Gasteiger charge is 2.10. The van der Waals surface area contributed by atoms with E-state index in [0.717, 1.165) is 11.1 Å². The SMILES string of the molecule is Cc1ccc(-c2nnc(COc3ccc(F)cc3Cl)o2)cc1. The first-order valence-corrected chi connectivity index (χ1v) is 6.97. The van der Waals surface area contributed by atoms with Crippen LogP contribution < -0.4 is 4.74 Å². The van der Waals surface area contributed by atoms with E-state index in [1.54, 1.807) is 0 Å². The predicted molar refractivity (Wildman–Crippen MR) is 80.2 cm³/mol. The Morgan fingerprint density at radius 3 is 2.64 bits per heavy atom. The number of nitrogens with zero attached hydrogens (tertiary/aromatic N) is 2. The Kier molecular flexibility index (Phi) is 4.06. The zero-order valence-corrected chi connectivity index (χ0v) is 12.5. The van der Waals surface area contributed by atoms with E-state index in [1.165, 1.54) is 18.2 Å². The van der Waals surface area contributed by atoms with Crippen LogP contribution in [0.15, 0.2) is 46.9 Å². The maximum absolute atomic E-state index is 12.9. The minimum atomic E-state index is -0.420. The lowest BCUT2D eigenvalue weighted by Gasteiger charge is -2.05. The van der Waals surface area contributed by atoms with Crippen molar-refractivity contribution in [3.05, 3.63) is 64.8 Å². The van der Waals surface area contributed by atoms with E-state index in [2.05, 4.69) is 10.2 Å². The molecule has 0 atom stereocenters. The molecule has 0 spiro atoms. The third-order valence-corrected chi connectivity index (χ3v) is 3.31. The fourth-order valence-corrected chi connectivity index (χ4v) is 2.08. The van der Waals surface area contributed by atoms with Crippen molar-refractivity contribution in [1.82, 2.24) is 10.2 Å². The zero-order chi connectivity index (χ0) is 15.5. The molecule has 0 saturated carbocycles. The number of ether oxygens (including phenoxy) is 1. The molecule has 22 heavy (non-hydrogen) atoms. The highest BCUT2D eigenvalue weighted by atomic mass is 35.5. The van der Waals surface area contributed by atoms with E-state index in [-0.39, 0.29) is 11.6 Å². The van der Waals surface area contributed by atoms with Gasteiger partial charge in [0.15, 0.2) is 6.61 Å². The van der Waals surface area contributed by atoms with Crippen molar-refractivity contribution in [3.63, 3.8) is 0 Å². The number of benzene rings is 2. The van der Waals surface area contributed by atoms with Crippen LogP contribution >= 0.6 is 11.6 Å². The molecule has 0 radical (unpaired) electrons. The van der Waals surface area contributed by atoms with Gasteiger partial charge in [-0.25, -0.2) is 4.39 Å². The monoisotopic (exact) mass is 318 g/mol. The molecule has 3 aromatic rings. The molecule has 0 aliphatic rings. The topological polar surface area (TPSA) is 48.2 Å². The fraction of sp³-hybridized carbons (Fsp3) is 0.125. The Balaban J connectivity index is 1.70. The van der Waals surface area contributed by atoms with Gasteiger partial charge in [0.25, 0.3) is 5.89 Å². The van der Waals surface area contributed by atoms with E-state index in [4.69, 9.17) is 20.8 Å². The first kappa shape index (κ1) is 14.5. The molecule has 6 heteroatoms. The van der Waals surface area contributed by atoms with Crippen molar-refractivity contribution < 1.29 is 13.5 Å². The van der Waals surface area contributed by atoms with Gasteiger partial charge in [-0.3, -0.25) is 0 Å². The van der Waals surface area contributed by atoms with Crippen LogP contribution in [0.3, 0.4) is 0 Å². The lowest BCUT2D eigenvalue weighted by atomic mass is 10.1.